The monoisotopic (exact) mass is 314 g/mol. The van der Waals surface area contributed by atoms with Crippen LogP contribution < -0.4 is 5.32 Å². The highest BCUT2D eigenvalue weighted by atomic mass is 32.2. The van der Waals surface area contributed by atoms with Crippen LogP contribution in [0, 0.1) is 5.92 Å². The number of hydrogen-bond acceptors (Lipinski definition) is 4. The molecule has 0 radical (unpaired) electrons. The van der Waals surface area contributed by atoms with Gasteiger partial charge in [-0.2, -0.15) is 5.10 Å². The molecule has 118 valence electrons. The van der Waals surface area contributed by atoms with E-state index in [9.17, 15) is 13.2 Å². The van der Waals surface area contributed by atoms with Crippen molar-refractivity contribution in [3.8, 4) is 0 Å². The second-order valence-corrected chi connectivity index (χ2v) is 7.76. The Hall–Kier alpha value is -1.57. The van der Waals surface area contributed by atoms with Gasteiger partial charge in [0.25, 0.3) is 0 Å². The first-order valence-electron chi connectivity index (χ1n) is 7.14. The fraction of sp³-hybridized carbons (Fsp3) is 0.692. The lowest BCUT2D eigenvalue weighted by Gasteiger charge is -2.22. The van der Waals surface area contributed by atoms with Crippen molar-refractivity contribution >= 4 is 15.9 Å². The van der Waals surface area contributed by atoms with Gasteiger partial charge in [0.2, 0.25) is 0 Å². The van der Waals surface area contributed by atoms with E-state index in [0.29, 0.717) is 13.1 Å². The zero-order chi connectivity index (χ0) is 15.5. The maximum Gasteiger partial charge on any atom is 0.317 e. The summed E-state index contributed by atoms with van der Waals surface area (Å²) in [6.45, 7) is 5.76. The highest BCUT2D eigenvalue weighted by Gasteiger charge is 2.26. The van der Waals surface area contributed by atoms with Crippen LogP contribution in [0.25, 0.3) is 0 Å². The number of urea groups is 1. The van der Waals surface area contributed by atoms with E-state index in [2.05, 4.69) is 10.4 Å². The summed E-state index contributed by atoms with van der Waals surface area (Å²) < 4.78 is 25.2. The molecule has 1 atom stereocenters. The number of amides is 2. The van der Waals surface area contributed by atoms with Crippen LogP contribution >= 0.6 is 0 Å². The lowest BCUT2D eigenvalue weighted by Crippen LogP contribution is -2.42. The van der Waals surface area contributed by atoms with Gasteiger partial charge in [0.1, 0.15) is 0 Å². The first kappa shape index (κ1) is 15.8. The highest BCUT2D eigenvalue weighted by molar-refractivity contribution is 7.91. The van der Waals surface area contributed by atoms with Crippen molar-refractivity contribution in [2.45, 2.75) is 26.9 Å². The van der Waals surface area contributed by atoms with Crippen molar-refractivity contribution in [3.05, 3.63) is 18.0 Å². The van der Waals surface area contributed by atoms with Gasteiger partial charge >= 0.3 is 6.03 Å². The molecular formula is C13H22N4O3S. The Bertz CT molecular complexity index is 596. The predicted molar refractivity (Wildman–Crippen MR) is 79.5 cm³/mol. The molecule has 0 saturated carbocycles. The fourth-order valence-electron chi connectivity index (χ4n) is 2.43. The van der Waals surface area contributed by atoms with E-state index >= 15 is 0 Å². The van der Waals surface area contributed by atoms with Crippen LogP contribution in [0.3, 0.4) is 0 Å². The molecule has 21 heavy (non-hydrogen) atoms. The number of nitrogens with zero attached hydrogens (tertiary/aromatic N) is 3. The molecule has 0 bridgehead atoms. The van der Waals surface area contributed by atoms with Gasteiger partial charge in [0.15, 0.2) is 9.84 Å². The molecule has 8 heteroatoms. The van der Waals surface area contributed by atoms with Crippen LogP contribution in [0.1, 0.15) is 19.4 Å². The van der Waals surface area contributed by atoms with E-state index in [1.54, 1.807) is 15.8 Å². The van der Waals surface area contributed by atoms with E-state index in [0.717, 1.165) is 12.1 Å². The number of aromatic nitrogens is 2. The van der Waals surface area contributed by atoms with E-state index in [1.165, 1.54) is 0 Å². The Balaban J connectivity index is 1.90. The molecule has 2 rings (SSSR count). The Morgan fingerprint density at radius 3 is 2.95 bits per heavy atom. The molecule has 1 aromatic rings. The minimum Gasteiger partial charge on any atom is -0.334 e. The van der Waals surface area contributed by atoms with Crippen molar-refractivity contribution < 1.29 is 13.2 Å². The SMILES string of the molecule is CCn1cc(CNC(=O)N2CCS(=O)(=O)CC(C)C2)cn1. The highest BCUT2D eigenvalue weighted by Crippen LogP contribution is 2.11. The zero-order valence-corrected chi connectivity index (χ0v) is 13.3. The smallest absolute Gasteiger partial charge is 0.317 e. The molecule has 1 unspecified atom stereocenters. The minimum absolute atomic E-state index is 0.0360. The fourth-order valence-corrected chi connectivity index (χ4v) is 4.07. The normalized spacial score (nSPS) is 21.8. The van der Waals surface area contributed by atoms with Crippen molar-refractivity contribution in [2.24, 2.45) is 5.92 Å². The Kier molecular flexibility index (Phi) is 4.87. The number of carbonyl (C=O) groups excluding carboxylic acids is 1. The first-order chi connectivity index (χ1) is 9.89. The Morgan fingerprint density at radius 1 is 1.52 bits per heavy atom. The summed E-state index contributed by atoms with van der Waals surface area (Å²) >= 11 is 0. The summed E-state index contributed by atoms with van der Waals surface area (Å²) in [4.78, 5) is 13.7. The molecule has 0 aliphatic carbocycles. The van der Waals surface area contributed by atoms with Gasteiger partial charge in [-0.3, -0.25) is 4.68 Å². The van der Waals surface area contributed by atoms with Crippen LogP contribution in [-0.2, 0) is 22.9 Å². The van der Waals surface area contributed by atoms with Gasteiger partial charge in [0.05, 0.1) is 17.7 Å². The minimum atomic E-state index is -3.04. The molecule has 2 amide bonds. The summed E-state index contributed by atoms with van der Waals surface area (Å²) in [5, 5.41) is 6.96. The van der Waals surface area contributed by atoms with Crippen molar-refractivity contribution in [2.75, 3.05) is 24.6 Å². The number of aryl methyl sites for hydroxylation is 1. The van der Waals surface area contributed by atoms with Gasteiger partial charge < -0.3 is 10.2 Å². The Morgan fingerprint density at radius 2 is 2.29 bits per heavy atom. The van der Waals surface area contributed by atoms with Gasteiger partial charge in [-0.25, -0.2) is 13.2 Å². The molecule has 1 fully saturated rings. The van der Waals surface area contributed by atoms with Gasteiger partial charge in [0, 0.05) is 37.9 Å². The third-order valence-electron chi connectivity index (χ3n) is 3.48. The molecule has 0 spiro atoms. The first-order valence-corrected chi connectivity index (χ1v) is 8.96. The van der Waals surface area contributed by atoms with Crippen LogP contribution in [-0.4, -0.2) is 53.7 Å². The maximum atomic E-state index is 12.1. The molecule has 2 heterocycles. The summed E-state index contributed by atoms with van der Waals surface area (Å²) in [6.07, 6.45) is 3.61. The summed E-state index contributed by atoms with van der Waals surface area (Å²) in [7, 11) is -3.04. The second-order valence-electron chi connectivity index (χ2n) is 5.53. The van der Waals surface area contributed by atoms with E-state index in [1.807, 2.05) is 20.0 Å². The van der Waals surface area contributed by atoms with Crippen molar-refractivity contribution in [3.63, 3.8) is 0 Å². The maximum absolute atomic E-state index is 12.1. The van der Waals surface area contributed by atoms with Crippen LogP contribution in [0.4, 0.5) is 4.79 Å². The van der Waals surface area contributed by atoms with Crippen LogP contribution in [0.2, 0.25) is 0 Å². The lowest BCUT2D eigenvalue weighted by atomic mass is 10.2. The lowest BCUT2D eigenvalue weighted by molar-refractivity contribution is 0.195. The largest absolute Gasteiger partial charge is 0.334 e. The number of nitrogens with one attached hydrogen (secondary N) is 1. The molecule has 1 saturated heterocycles. The van der Waals surface area contributed by atoms with Gasteiger partial charge in [-0.05, 0) is 12.8 Å². The van der Waals surface area contributed by atoms with E-state index in [-0.39, 0.29) is 30.0 Å². The quantitative estimate of drug-likeness (QED) is 0.879. The van der Waals surface area contributed by atoms with Crippen LogP contribution in [0.5, 0.6) is 0 Å². The molecule has 1 N–H and O–H groups in total. The molecule has 7 nitrogen and oxygen atoms in total. The molecule has 1 aliphatic rings. The molecule has 0 aromatic carbocycles. The molecular weight excluding hydrogens is 292 g/mol. The summed E-state index contributed by atoms with van der Waals surface area (Å²) in [6, 6.07) is -0.219. The average Bonchev–Trinajstić information content (AvgIpc) is 2.82. The Labute approximate surface area is 125 Å². The molecule has 1 aliphatic heterocycles. The van der Waals surface area contributed by atoms with E-state index < -0.39 is 9.84 Å². The van der Waals surface area contributed by atoms with Crippen molar-refractivity contribution in [1.82, 2.24) is 20.0 Å². The van der Waals surface area contributed by atoms with Crippen molar-refractivity contribution in [1.29, 1.82) is 0 Å². The topological polar surface area (TPSA) is 84.3 Å². The standard InChI is InChI=1S/C13H22N4O3S/c1-3-17-9-12(7-15-17)6-14-13(18)16-4-5-21(19,20)10-11(2)8-16/h7,9,11H,3-6,8,10H2,1-2H3,(H,14,18). The summed E-state index contributed by atoms with van der Waals surface area (Å²) in [5.41, 5.74) is 0.931. The van der Waals surface area contributed by atoms with Gasteiger partial charge in [-0.15, -0.1) is 0 Å². The zero-order valence-electron chi connectivity index (χ0n) is 12.4. The number of rotatable bonds is 3. The third-order valence-corrected chi connectivity index (χ3v) is 5.37. The second kappa shape index (κ2) is 6.46. The number of hydrogen-bond donors (Lipinski definition) is 1. The van der Waals surface area contributed by atoms with Gasteiger partial charge in [-0.1, -0.05) is 6.92 Å². The molecule has 1 aromatic heterocycles. The third kappa shape index (κ3) is 4.45. The number of carbonyl (C=O) groups is 1. The predicted octanol–water partition coefficient (Wildman–Crippen LogP) is 0.479. The van der Waals surface area contributed by atoms with Crippen LogP contribution in [0.15, 0.2) is 12.4 Å². The average molecular weight is 314 g/mol. The number of sulfone groups is 1. The summed E-state index contributed by atoms with van der Waals surface area (Å²) in [5.74, 6) is 0.157. The van der Waals surface area contributed by atoms with E-state index in [4.69, 9.17) is 0 Å².